The first-order chi connectivity index (χ1) is 7.72. The standard InChI is InChI=1S/C10H18N4O2/c1-2-3-8-9(11)12-6-13-10(8)14-7(4-15)5-16/h6-7,15-16H,2-5H2,1H3,(H3,11,12,13,14). The zero-order chi connectivity index (χ0) is 12.0. The van der Waals surface area contributed by atoms with Crippen LogP contribution in [0.25, 0.3) is 0 Å². The van der Waals surface area contributed by atoms with E-state index in [0.717, 1.165) is 18.4 Å². The third kappa shape index (κ3) is 3.04. The van der Waals surface area contributed by atoms with Crippen molar-refractivity contribution in [2.45, 2.75) is 25.8 Å². The molecule has 5 N–H and O–H groups in total. The number of aliphatic hydroxyl groups excluding tert-OH is 2. The van der Waals surface area contributed by atoms with Crippen molar-refractivity contribution in [3.8, 4) is 0 Å². The maximum absolute atomic E-state index is 8.98. The number of nitrogens with two attached hydrogens (primary N) is 1. The molecule has 16 heavy (non-hydrogen) atoms. The SMILES string of the molecule is CCCc1c(N)ncnc1NC(CO)CO. The van der Waals surface area contributed by atoms with Crippen LogP contribution in [0.1, 0.15) is 18.9 Å². The molecular weight excluding hydrogens is 208 g/mol. The molecule has 6 nitrogen and oxygen atoms in total. The summed E-state index contributed by atoms with van der Waals surface area (Å²) in [6, 6.07) is -0.426. The van der Waals surface area contributed by atoms with Crippen molar-refractivity contribution in [1.82, 2.24) is 9.97 Å². The second-order valence-electron chi connectivity index (χ2n) is 3.54. The Morgan fingerprint density at radius 1 is 1.38 bits per heavy atom. The summed E-state index contributed by atoms with van der Waals surface area (Å²) in [6.07, 6.45) is 3.05. The van der Waals surface area contributed by atoms with E-state index in [4.69, 9.17) is 15.9 Å². The minimum atomic E-state index is -0.426. The Labute approximate surface area is 94.5 Å². The lowest BCUT2D eigenvalue weighted by Crippen LogP contribution is -2.29. The molecule has 0 bridgehead atoms. The summed E-state index contributed by atoms with van der Waals surface area (Å²) in [5, 5.41) is 20.9. The number of hydrogen-bond acceptors (Lipinski definition) is 6. The van der Waals surface area contributed by atoms with Crippen LogP contribution in [-0.4, -0.2) is 39.4 Å². The summed E-state index contributed by atoms with van der Waals surface area (Å²) in [4.78, 5) is 7.99. The van der Waals surface area contributed by atoms with Crippen LogP contribution in [0.2, 0.25) is 0 Å². The van der Waals surface area contributed by atoms with Gasteiger partial charge in [0.15, 0.2) is 0 Å². The van der Waals surface area contributed by atoms with Crippen molar-refractivity contribution >= 4 is 11.6 Å². The molecule has 90 valence electrons. The number of aliphatic hydroxyl groups is 2. The Morgan fingerprint density at radius 2 is 2.06 bits per heavy atom. The van der Waals surface area contributed by atoms with Gasteiger partial charge in [-0.1, -0.05) is 13.3 Å². The van der Waals surface area contributed by atoms with Crippen molar-refractivity contribution in [1.29, 1.82) is 0 Å². The van der Waals surface area contributed by atoms with E-state index in [9.17, 15) is 0 Å². The summed E-state index contributed by atoms with van der Waals surface area (Å²) in [6.45, 7) is 1.71. The van der Waals surface area contributed by atoms with Crippen molar-refractivity contribution < 1.29 is 10.2 Å². The van der Waals surface area contributed by atoms with Crippen LogP contribution in [0.4, 0.5) is 11.6 Å². The van der Waals surface area contributed by atoms with Gasteiger partial charge in [0.05, 0.1) is 19.3 Å². The number of nitrogen functional groups attached to an aromatic ring is 1. The quantitative estimate of drug-likeness (QED) is 0.534. The Balaban J connectivity index is 2.89. The topological polar surface area (TPSA) is 104 Å². The molecule has 1 rings (SSSR count). The monoisotopic (exact) mass is 226 g/mol. The molecule has 1 heterocycles. The van der Waals surface area contributed by atoms with Gasteiger partial charge in [-0.15, -0.1) is 0 Å². The Kier molecular flexibility index (Phi) is 4.94. The highest BCUT2D eigenvalue weighted by molar-refractivity contribution is 5.55. The molecule has 0 aliphatic heterocycles. The van der Waals surface area contributed by atoms with Crippen molar-refractivity contribution in [2.24, 2.45) is 0 Å². The predicted molar refractivity (Wildman–Crippen MR) is 62.0 cm³/mol. The fourth-order valence-corrected chi connectivity index (χ4v) is 1.39. The molecule has 0 saturated heterocycles. The van der Waals surface area contributed by atoms with Gasteiger partial charge in [-0.2, -0.15) is 0 Å². The molecule has 0 unspecified atom stereocenters. The smallest absolute Gasteiger partial charge is 0.135 e. The molecule has 0 aliphatic carbocycles. The molecule has 0 amide bonds. The summed E-state index contributed by atoms with van der Waals surface area (Å²) < 4.78 is 0. The lowest BCUT2D eigenvalue weighted by Gasteiger charge is -2.17. The van der Waals surface area contributed by atoms with Gasteiger partial charge >= 0.3 is 0 Å². The lowest BCUT2D eigenvalue weighted by molar-refractivity contribution is 0.203. The van der Waals surface area contributed by atoms with Crippen LogP contribution >= 0.6 is 0 Å². The maximum Gasteiger partial charge on any atom is 0.135 e. The van der Waals surface area contributed by atoms with Crippen molar-refractivity contribution in [3.63, 3.8) is 0 Å². The van der Waals surface area contributed by atoms with Gasteiger partial charge in [-0.3, -0.25) is 0 Å². The predicted octanol–water partition coefficient (Wildman–Crippen LogP) is -0.224. The van der Waals surface area contributed by atoms with Crippen LogP contribution in [0, 0.1) is 0 Å². The zero-order valence-corrected chi connectivity index (χ0v) is 9.35. The Morgan fingerprint density at radius 3 is 2.62 bits per heavy atom. The first-order valence-corrected chi connectivity index (χ1v) is 5.30. The van der Waals surface area contributed by atoms with Crippen LogP contribution in [0.3, 0.4) is 0 Å². The van der Waals surface area contributed by atoms with Crippen LogP contribution in [-0.2, 0) is 6.42 Å². The van der Waals surface area contributed by atoms with E-state index in [-0.39, 0.29) is 13.2 Å². The Hall–Kier alpha value is -1.40. The van der Waals surface area contributed by atoms with Gasteiger partial charge in [-0.25, -0.2) is 9.97 Å². The number of nitrogens with zero attached hydrogens (tertiary/aromatic N) is 2. The molecule has 0 aromatic carbocycles. The van der Waals surface area contributed by atoms with E-state index in [0.29, 0.717) is 11.6 Å². The van der Waals surface area contributed by atoms with Crippen molar-refractivity contribution in [2.75, 3.05) is 24.3 Å². The van der Waals surface area contributed by atoms with E-state index in [1.54, 1.807) is 0 Å². The number of anilines is 2. The number of rotatable bonds is 6. The van der Waals surface area contributed by atoms with E-state index in [1.807, 2.05) is 6.92 Å². The lowest BCUT2D eigenvalue weighted by atomic mass is 10.1. The molecular formula is C10H18N4O2. The van der Waals surface area contributed by atoms with Gasteiger partial charge in [0, 0.05) is 5.56 Å². The summed E-state index contributed by atoms with van der Waals surface area (Å²) in [5.41, 5.74) is 6.58. The van der Waals surface area contributed by atoms with E-state index in [2.05, 4.69) is 15.3 Å². The first-order valence-electron chi connectivity index (χ1n) is 5.30. The third-order valence-corrected chi connectivity index (χ3v) is 2.26. The molecule has 0 aliphatic rings. The highest BCUT2D eigenvalue weighted by atomic mass is 16.3. The fourth-order valence-electron chi connectivity index (χ4n) is 1.39. The van der Waals surface area contributed by atoms with Crippen LogP contribution in [0.5, 0.6) is 0 Å². The summed E-state index contributed by atoms with van der Waals surface area (Å²) in [7, 11) is 0. The highest BCUT2D eigenvalue weighted by Crippen LogP contribution is 2.19. The molecule has 1 aromatic heterocycles. The number of hydrogen-bond donors (Lipinski definition) is 4. The van der Waals surface area contributed by atoms with Crippen LogP contribution < -0.4 is 11.1 Å². The molecule has 0 fully saturated rings. The average molecular weight is 226 g/mol. The zero-order valence-electron chi connectivity index (χ0n) is 9.35. The van der Waals surface area contributed by atoms with Gasteiger partial charge in [0.1, 0.15) is 18.0 Å². The minimum Gasteiger partial charge on any atom is -0.394 e. The summed E-state index contributed by atoms with van der Waals surface area (Å²) >= 11 is 0. The second-order valence-corrected chi connectivity index (χ2v) is 3.54. The van der Waals surface area contributed by atoms with Gasteiger partial charge < -0.3 is 21.3 Å². The maximum atomic E-state index is 8.98. The summed E-state index contributed by atoms with van der Waals surface area (Å²) in [5.74, 6) is 1.02. The average Bonchev–Trinajstić information content (AvgIpc) is 2.30. The largest absolute Gasteiger partial charge is 0.394 e. The third-order valence-electron chi connectivity index (χ3n) is 2.26. The van der Waals surface area contributed by atoms with Gasteiger partial charge in [-0.05, 0) is 6.42 Å². The van der Waals surface area contributed by atoms with E-state index in [1.165, 1.54) is 6.33 Å². The number of nitrogens with one attached hydrogen (secondary N) is 1. The van der Waals surface area contributed by atoms with Crippen LogP contribution in [0.15, 0.2) is 6.33 Å². The van der Waals surface area contributed by atoms with E-state index < -0.39 is 6.04 Å². The molecule has 0 saturated carbocycles. The molecule has 0 spiro atoms. The minimum absolute atomic E-state index is 0.161. The molecule has 1 aromatic rings. The second kappa shape index (κ2) is 6.24. The van der Waals surface area contributed by atoms with E-state index >= 15 is 0 Å². The first kappa shape index (κ1) is 12.7. The molecule has 0 atom stereocenters. The molecule has 0 radical (unpaired) electrons. The normalized spacial score (nSPS) is 10.8. The highest BCUT2D eigenvalue weighted by Gasteiger charge is 2.12. The van der Waals surface area contributed by atoms with Crippen molar-refractivity contribution in [3.05, 3.63) is 11.9 Å². The Bertz CT molecular complexity index is 329. The van der Waals surface area contributed by atoms with Gasteiger partial charge in [0.25, 0.3) is 0 Å². The number of aromatic nitrogens is 2. The molecule has 6 heteroatoms. The van der Waals surface area contributed by atoms with Gasteiger partial charge in [0.2, 0.25) is 0 Å². The fraction of sp³-hybridized carbons (Fsp3) is 0.600.